The number of hydrogen-bond donors (Lipinski definition) is 1. The van der Waals surface area contributed by atoms with Gasteiger partial charge in [-0.05, 0) is 62.1 Å². The number of hydrogen-bond acceptors (Lipinski definition) is 5. The van der Waals surface area contributed by atoms with Gasteiger partial charge in [-0.15, -0.1) is 0 Å². The maximum absolute atomic E-state index is 13.6. The van der Waals surface area contributed by atoms with Gasteiger partial charge in [0.05, 0.1) is 11.9 Å². The number of benzene rings is 1. The summed E-state index contributed by atoms with van der Waals surface area (Å²) in [7, 11) is 0. The lowest BCUT2D eigenvalue weighted by Crippen LogP contribution is -2.54. The Balaban J connectivity index is 1.51. The largest absolute Gasteiger partial charge is 0.336 e. The fourth-order valence-electron chi connectivity index (χ4n) is 4.68. The molecule has 0 atom stereocenters. The van der Waals surface area contributed by atoms with E-state index < -0.39 is 5.54 Å². The SMILES string of the molecule is C=C1N(c2cnc(C#N)c(C)c2)C(=O)C2(CCC2)N1c1ccc(N2CCNC2=O)cc1. The highest BCUT2D eigenvalue weighted by Crippen LogP contribution is 2.50. The molecule has 2 aliphatic heterocycles. The number of anilines is 3. The molecule has 0 unspecified atom stereocenters. The first-order valence-electron chi connectivity index (χ1n) is 10.3. The molecule has 3 amide bonds. The number of pyridine rings is 1. The Morgan fingerprint density at radius 1 is 1.16 bits per heavy atom. The number of aromatic nitrogens is 1. The molecule has 2 aromatic rings. The molecule has 1 saturated carbocycles. The third-order valence-electron chi connectivity index (χ3n) is 6.43. The molecule has 3 fully saturated rings. The van der Waals surface area contributed by atoms with Gasteiger partial charge in [-0.2, -0.15) is 5.26 Å². The smallest absolute Gasteiger partial charge is 0.321 e. The molecule has 0 bridgehead atoms. The van der Waals surface area contributed by atoms with Crippen molar-refractivity contribution in [2.24, 2.45) is 0 Å². The van der Waals surface area contributed by atoms with Gasteiger partial charge in [-0.1, -0.05) is 6.58 Å². The molecule has 31 heavy (non-hydrogen) atoms. The first-order valence-corrected chi connectivity index (χ1v) is 10.3. The number of aryl methyl sites for hydroxylation is 1. The Bertz CT molecular complexity index is 1150. The second-order valence-electron chi connectivity index (χ2n) is 8.15. The van der Waals surface area contributed by atoms with E-state index in [1.807, 2.05) is 36.1 Å². The number of carbonyl (C=O) groups is 2. The van der Waals surface area contributed by atoms with Crippen LogP contribution in [0.3, 0.4) is 0 Å². The van der Waals surface area contributed by atoms with Crippen molar-refractivity contribution >= 4 is 29.0 Å². The Labute approximate surface area is 180 Å². The molecule has 1 N–H and O–H groups in total. The van der Waals surface area contributed by atoms with E-state index in [1.165, 1.54) is 0 Å². The molecule has 0 radical (unpaired) electrons. The van der Waals surface area contributed by atoms with Gasteiger partial charge >= 0.3 is 6.03 Å². The summed E-state index contributed by atoms with van der Waals surface area (Å²) < 4.78 is 0. The zero-order valence-electron chi connectivity index (χ0n) is 17.3. The van der Waals surface area contributed by atoms with Crippen molar-refractivity contribution < 1.29 is 9.59 Å². The first kappa shape index (κ1) is 19.1. The summed E-state index contributed by atoms with van der Waals surface area (Å²) in [6.45, 7) is 7.32. The number of nitrogens with one attached hydrogen (secondary N) is 1. The van der Waals surface area contributed by atoms with Crippen molar-refractivity contribution in [2.75, 3.05) is 27.8 Å². The van der Waals surface area contributed by atoms with Crippen LogP contribution in [0.4, 0.5) is 21.9 Å². The van der Waals surface area contributed by atoms with E-state index in [0.29, 0.717) is 30.3 Å². The Morgan fingerprint density at radius 2 is 1.87 bits per heavy atom. The minimum absolute atomic E-state index is 0.0161. The average Bonchev–Trinajstić information content (AvgIpc) is 3.26. The van der Waals surface area contributed by atoms with Crippen molar-refractivity contribution in [3.63, 3.8) is 0 Å². The maximum Gasteiger partial charge on any atom is 0.321 e. The number of nitriles is 1. The number of carbonyl (C=O) groups excluding carboxylic acids is 2. The summed E-state index contributed by atoms with van der Waals surface area (Å²) in [5, 5.41) is 12.0. The van der Waals surface area contributed by atoms with Crippen LogP contribution in [0.5, 0.6) is 0 Å². The number of urea groups is 1. The highest BCUT2D eigenvalue weighted by atomic mass is 16.2. The van der Waals surface area contributed by atoms with Gasteiger partial charge in [0.1, 0.15) is 23.1 Å². The summed E-state index contributed by atoms with van der Waals surface area (Å²) in [6, 6.07) is 11.4. The topological polar surface area (TPSA) is 92.6 Å². The zero-order chi connectivity index (χ0) is 21.8. The summed E-state index contributed by atoms with van der Waals surface area (Å²) in [5.74, 6) is 0.555. The van der Waals surface area contributed by atoms with Gasteiger partial charge in [-0.3, -0.25) is 14.6 Å². The van der Waals surface area contributed by atoms with E-state index >= 15 is 0 Å². The summed E-state index contributed by atoms with van der Waals surface area (Å²) >= 11 is 0. The van der Waals surface area contributed by atoms with Gasteiger partial charge < -0.3 is 10.2 Å². The van der Waals surface area contributed by atoms with Crippen molar-refractivity contribution in [1.82, 2.24) is 10.3 Å². The predicted octanol–water partition coefficient (Wildman–Crippen LogP) is 3.04. The summed E-state index contributed by atoms with van der Waals surface area (Å²) in [6.07, 6.45) is 4.03. The standard InChI is InChI=1S/C23H22N6O2/c1-15-12-19(14-26-20(15)13-24)28-16(2)29(23(21(28)30)8-3-9-23)18-6-4-17(5-7-18)27-11-10-25-22(27)31/h4-7,12,14H,2-3,8-11H2,1H3,(H,25,31). The molecular formula is C23H22N6O2. The van der Waals surface area contributed by atoms with E-state index in [0.717, 1.165) is 36.2 Å². The second-order valence-corrected chi connectivity index (χ2v) is 8.15. The third kappa shape index (κ3) is 2.70. The quantitative estimate of drug-likeness (QED) is 0.833. The van der Waals surface area contributed by atoms with E-state index in [-0.39, 0.29) is 11.9 Å². The minimum Gasteiger partial charge on any atom is -0.336 e. The molecule has 8 heteroatoms. The molecule has 5 rings (SSSR count). The van der Waals surface area contributed by atoms with Gasteiger partial charge in [0.2, 0.25) is 0 Å². The molecule has 2 saturated heterocycles. The van der Waals surface area contributed by atoms with Gasteiger partial charge in [0.15, 0.2) is 0 Å². The number of amides is 3. The maximum atomic E-state index is 13.6. The highest BCUT2D eigenvalue weighted by Gasteiger charge is 2.58. The van der Waals surface area contributed by atoms with Crippen LogP contribution in [-0.4, -0.2) is 35.6 Å². The number of rotatable bonds is 3. The van der Waals surface area contributed by atoms with Crippen LogP contribution in [0.2, 0.25) is 0 Å². The zero-order valence-corrected chi connectivity index (χ0v) is 17.3. The molecule has 1 spiro atoms. The van der Waals surface area contributed by atoms with Gasteiger partial charge in [0.25, 0.3) is 5.91 Å². The Hall–Kier alpha value is -3.86. The number of nitrogens with zero attached hydrogens (tertiary/aromatic N) is 5. The van der Waals surface area contributed by atoms with Crippen molar-refractivity contribution in [1.29, 1.82) is 5.26 Å². The van der Waals surface area contributed by atoms with Gasteiger partial charge in [0, 0.05) is 24.5 Å². The fourth-order valence-corrected chi connectivity index (χ4v) is 4.68. The van der Waals surface area contributed by atoms with E-state index in [9.17, 15) is 9.59 Å². The lowest BCUT2D eigenvalue weighted by atomic mass is 9.75. The third-order valence-corrected chi connectivity index (χ3v) is 6.43. The molecular weight excluding hydrogens is 392 g/mol. The monoisotopic (exact) mass is 414 g/mol. The molecule has 8 nitrogen and oxygen atoms in total. The van der Waals surface area contributed by atoms with Crippen molar-refractivity contribution in [2.45, 2.75) is 31.7 Å². The Morgan fingerprint density at radius 3 is 2.42 bits per heavy atom. The highest BCUT2D eigenvalue weighted by molar-refractivity contribution is 6.11. The van der Waals surface area contributed by atoms with Crippen LogP contribution < -0.4 is 20.0 Å². The van der Waals surface area contributed by atoms with E-state index in [1.54, 1.807) is 22.1 Å². The molecule has 3 heterocycles. The summed E-state index contributed by atoms with van der Waals surface area (Å²) in [5.41, 5.74) is 2.72. The molecule has 1 aromatic carbocycles. The predicted molar refractivity (Wildman–Crippen MR) is 117 cm³/mol. The molecule has 156 valence electrons. The van der Waals surface area contributed by atoms with Gasteiger partial charge in [-0.25, -0.2) is 9.78 Å². The normalized spacial score (nSPS) is 19.6. The van der Waals surface area contributed by atoms with E-state index in [4.69, 9.17) is 5.26 Å². The van der Waals surface area contributed by atoms with Crippen LogP contribution >= 0.6 is 0 Å². The molecule has 1 aliphatic carbocycles. The molecule has 1 aromatic heterocycles. The molecule has 3 aliphatic rings. The van der Waals surface area contributed by atoms with Crippen molar-refractivity contribution in [3.05, 3.63) is 60.2 Å². The Kier molecular flexibility index (Phi) is 4.22. The lowest BCUT2D eigenvalue weighted by Gasteiger charge is -2.43. The van der Waals surface area contributed by atoms with Crippen LogP contribution in [0.25, 0.3) is 0 Å². The average molecular weight is 414 g/mol. The van der Waals surface area contributed by atoms with Crippen LogP contribution in [0.15, 0.2) is 48.9 Å². The fraction of sp³-hybridized carbons (Fsp3) is 0.304. The second kappa shape index (κ2) is 6.84. The van der Waals surface area contributed by atoms with Crippen molar-refractivity contribution in [3.8, 4) is 6.07 Å². The van der Waals surface area contributed by atoms with E-state index in [2.05, 4.69) is 22.9 Å². The van der Waals surface area contributed by atoms with Crippen LogP contribution in [0, 0.1) is 18.3 Å². The van der Waals surface area contributed by atoms with Crippen LogP contribution in [-0.2, 0) is 4.79 Å². The first-order chi connectivity index (χ1) is 15.0. The van der Waals surface area contributed by atoms with Crippen LogP contribution in [0.1, 0.15) is 30.5 Å². The summed E-state index contributed by atoms with van der Waals surface area (Å²) in [4.78, 5) is 35.0. The minimum atomic E-state index is -0.647. The lowest BCUT2D eigenvalue weighted by molar-refractivity contribution is -0.123.